The highest BCUT2D eigenvalue weighted by atomic mass is 16.2. The van der Waals surface area contributed by atoms with Crippen molar-refractivity contribution < 1.29 is 9.59 Å². The lowest BCUT2D eigenvalue weighted by Crippen LogP contribution is -2.49. The molecule has 3 aliphatic heterocycles. The van der Waals surface area contributed by atoms with Crippen LogP contribution in [0.4, 0.5) is 5.69 Å². The first-order valence-corrected chi connectivity index (χ1v) is 11.1. The third-order valence-corrected chi connectivity index (χ3v) is 6.49. The molecule has 7 nitrogen and oxygen atoms in total. The number of carbonyl (C=O) groups is 2. The summed E-state index contributed by atoms with van der Waals surface area (Å²) in [6.07, 6.45) is 3.99. The predicted molar refractivity (Wildman–Crippen MR) is 114 cm³/mol. The highest BCUT2D eigenvalue weighted by Crippen LogP contribution is 2.21. The first kappa shape index (κ1) is 20.2. The SMILES string of the molecule is O=C1NCCN(c2ccccc2)CCNC(=O)[C@@H]2CCCN2CCN2CCC[C@@H]12. The summed E-state index contributed by atoms with van der Waals surface area (Å²) < 4.78 is 0. The van der Waals surface area contributed by atoms with Gasteiger partial charge in [0.05, 0.1) is 12.1 Å². The lowest BCUT2D eigenvalue weighted by molar-refractivity contribution is -0.127. The standard InChI is InChI=1S/C22H33N5O2/c28-21-19-8-4-12-26(19)16-17-27-13-5-9-20(27)22(29)24-11-15-25(14-10-23-21)18-6-2-1-3-7-18/h1-3,6-7,19-20H,4-5,8-17H2,(H,23,28)(H,24,29)/t19-,20-/m0/s1. The maximum Gasteiger partial charge on any atom is 0.237 e. The molecular formula is C22H33N5O2. The molecule has 0 unspecified atom stereocenters. The molecule has 0 radical (unpaired) electrons. The quantitative estimate of drug-likeness (QED) is 0.727. The number of benzene rings is 1. The maximum absolute atomic E-state index is 12.8. The molecule has 0 spiro atoms. The number of anilines is 1. The van der Waals surface area contributed by atoms with Crippen molar-refractivity contribution in [3.05, 3.63) is 30.3 Å². The Morgan fingerprint density at radius 1 is 0.690 bits per heavy atom. The van der Waals surface area contributed by atoms with Crippen LogP contribution >= 0.6 is 0 Å². The van der Waals surface area contributed by atoms with Gasteiger partial charge in [-0.1, -0.05) is 18.2 Å². The second-order valence-electron chi connectivity index (χ2n) is 8.29. The van der Waals surface area contributed by atoms with Gasteiger partial charge in [0.25, 0.3) is 0 Å². The van der Waals surface area contributed by atoms with Crippen LogP contribution in [0.1, 0.15) is 25.7 Å². The molecule has 4 rings (SSSR count). The largest absolute Gasteiger partial charge is 0.368 e. The van der Waals surface area contributed by atoms with Crippen molar-refractivity contribution in [3.63, 3.8) is 0 Å². The Morgan fingerprint density at radius 3 is 1.72 bits per heavy atom. The van der Waals surface area contributed by atoms with E-state index in [1.54, 1.807) is 0 Å². The lowest BCUT2D eigenvalue weighted by Gasteiger charge is -2.28. The van der Waals surface area contributed by atoms with E-state index in [9.17, 15) is 9.59 Å². The summed E-state index contributed by atoms with van der Waals surface area (Å²) in [6.45, 7) is 6.34. The Balaban J connectivity index is 1.48. The zero-order valence-corrected chi connectivity index (χ0v) is 17.2. The number of hydrogen-bond acceptors (Lipinski definition) is 5. The van der Waals surface area contributed by atoms with Gasteiger partial charge in [0.2, 0.25) is 11.8 Å². The van der Waals surface area contributed by atoms with Crippen molar-refractivity contribution in [2.45, 2.75) is 37.8 Å². The number of fused-ring (bicyclic) bond motifs is 2. The highest BCUT2D eigenvalue weighted by Gasteiger charge is 2.34. The van der Waals surface area contributed by atoms with Crippen LogP contribution in [-0.2, 0) is 9.59 Å². The predicted octanol–water partition coefficient (Wildman–Crippen LogP) is 0.668. The molecule has 158 valence electrons. The molecule has 2 atom stereocenters. The molecule has 0 saturated carbocycles. The molecule has 1 aromatic rings. The van der Waals surface area contributed by atoms with E-state index in [1.165, 1.54) is 0 Å². The van der Waals surface area contributed by atoms with Gasteiger partial charge in [0.1, 0.15) is 0 Å². The zero-order valence-electron chi connectivity index (χ0n) is 17.2. The second kappa shape index (κ2) is 9.59. The average molecular weight is 400 g/mol. The summed E-state index contributed by atoms with van der Waals surface area (Å²) in [6, 6.07) is 10.2. The molecule has 2 N–H and O–H groups in total. The van der Waals surface area contributed by atoms with Crippen LogP contribution in [-0.4, -0.2) is 86.1 Å². The highest BCUT2D eigenvalue weighted by molar-refractivity contribution is 5.82. The third-order valence-electron chi connectivity index (χ3n) is 6.49. The van der Waals surface area contributed by atoms with Crippen LogP contribution in [0.5, 0.6) is 0 Å². The molecule has 0 bridgehead atoms. The van der Waals surface area contributed by atoms with Gasteiger partial charge in [-0.25, -0.2) is 0 Å². The first-order chi connectivity index (χ1) is 14.2. The molecule has 3 heterocycles. The van der Waals surface area contributed by atoms with E-state index < -0.39 is 0 Å². The molecule has 3 fully saturated rings. The minimum atomic E-state index is -0.0276. The molecule has 1 aromatic carbocycles. The van der Waals surface area contributed by atoms with Crippen molar-refractivity contribution in [3.8, 4) is 0 Å². The number of nitrogens with zero attached hydrogens (tertiary/aromatic N) is 3. The Morgan fingerprint density at radius 2 is 1.21 bits per heavy atom. The summed E-state index contributed by atoms with van der Waals surface area (Å²) >= 11 is 0. The smallest absolute Gasteiger partial charge is 0.237 e. The second-order valence-corrected chi connectivity index (χ2v) is 8.29. The fourth-order valence-electron chi connectivity index (χ4n) is 4.91. The Bertz CT molecular complexity index is 658. The first-order valence-electron chi connectivity index (χ1n) is 11.1. The Hall–Kier alpha value is -2.12. The average Bonchev–Trinajstić information content (AvgIpc) is 3.40. The topological polar surface area (TPSA) is 67.9 Å². The summed E-state index contributed by atoms with van der Waals surface area (Å²) in [5.41, 5.74) is 1.12. The zero-order chi connectivity index (χ0) is 20.1. The normalized spacial score (nSPS) is 28.1. The lowest BCUT2D eigenvalue weighted by atomic mass is 10.2. The molecule has 0 aliphatic carbocycles. The van der Waals surface area contributed by atoms with Crippen molar-refractivity contribution in [2.24, 2.45) is 0 Å². The van der Waals surface area contributed by atoms with E-state index in [0.717, 1.165) is 70.6 Å². The minimum Gasteiger partial charge on any atom is -0.368 e. The number of amides is 2. The van der Waals surface area contributed by atoms with E-state index in [4.69, 9.17) is 0 Å². The van der Waals surface area contributed by atoms with E-state index in [2.05, 4.69) is 37.5 Å². The third kappa shape index (κ3) is 4.90. The van der Waals surface area contributed by atoms with Gasteiger partial charge in [0.15, 0.2) is 0 Å². The van der Waals surface area contributed by atoms with E-state index in [-0.39, 0.29) is 23.9 Å². The molecule has 0 aromatic heterocycles. The number of carbonyl (C=O) groups excluding carboxylic acids is 2. The monoisotopic (exact) mass is 399 g/mol. The van der Waals surface area contributed by atoms with Crippen molar-refractivity contribution in [1.29, 1.82) is 0 Å². The van der Waals surface area contributed by atoms with E-state index in [0.29, 0.717) is 13.1 Å². The van der Waals surface area contributed by atoms with Gasteiger partial charge in [-0.15, -0.1) is 0 Å². The maximum atomic E-state index is 12.8. The summed E-state index contributed by atoms with van der Waals surface area (Å²) in [7, 11) is 0. The Labute approximate surface area is 173 Å². The number of rotatable bonds is 1. The van der Waals surface area contributed by atoms with Gasteiger partial charge < -0.3 is 15.5 Å². The summed E-state index contributed by atoms with van der Waals surface area (Å²) in [5, 5.41) is 6.31. The van der Waals surface area contributed by atoms with Crippen LogP contribution < -0.4 is 15.5 Å². The van der Waals surface area contributed by atoms with E-state index >= 15 is 0 Å². The van der Waals surface area contributed by atoms with Crippen molar-refractivity contribution in [2.75, 3.05) is 57.3 Å². The molecule has 3 aliphatic rings. The van der Waals surface area contributed by atoms with E-state index in [1.807, 2.05) is 18.2 Å². The minimum absolute atomic E-state index is 0.0276. The molecule has 7 heteroatoms. The molecule has 3 saturated heterocycles. The van der Waals surface area contributed by atoms with Crippen molar-refractivity contribution in [1.82, 2.24) is 20.4 Å². The summed E-state index contributed by atoms with van der Waals surface area (Å²) in [4.78, 5) is 32.5. The van der Waals surface area contributed by atoms with Gasteiger partial charge in [-0.3, -0.25) is 19.4 Å². The van der Waals surface area contributed by atoms with Gasteiger partial charge >= 0.3 is 0 Å². The van der Waals surface area contributed by atoms with Gasteiger partial charge in [-0.2, -0.15) is 0 Å². The van der Waals surface area contributed by atoms with Crippen LogP contribution in [0.15, 0.2) is 30.3 Å². The van der Waals surface area contributed by atoms with Gasteiger partial charge in [0, 0.05) is 45.0 Å². The fourth-order valence-corrected chi connectivity index (χ4v) is 4.91. The Kier molecular flexibility index (Phi) is 6.67. The molecule has 29 heavy (non-hydrogen) atoms. The number of para-hydroxylation sites is 1. The fraction of sp³-hybridized carbons (Fsp3) is 0.636. The van der Waals surface area contributed by atoms with Crippen molar-refractivity contribution >= 4 is 17.5 Å². The van der Waals surface area contributed by atoms with Crippen LogP contribution in [0.2, 0.25) is 0 Å². The summed E-state index contributed by atoms with van der Waals surface area (Å²) in [5.74, 6) is 0.301. The number of hydrogen-bond donors (Lipinski definition) is 2. The molecular weight excluding hydrogens is 366 g/mol. The van der Waals surface area contributed by atoms with Crippen LogP contribution in [0.25, 0.3) is 0 Å². The van der Waals surface area contributed by atoms with Crippen LogP contribution in [0.3, 0.4) is 0 Å². The number of nitrogens with one attached hydrogen (secondary N) is 2. The van der Waals surface area contributed by atoms with Crippen LogP contribution in [0, 0.1) is 0 Å². The molecule has 2 amide bonds. The van der Waals surface area contributed by atoms with Gasteiger partial charge in [-0.05, 0) is 50.9 Å².